The van der Waals surface area contributed by atoms with Crippen LogP contribution in [0.3, 0.4) is 0 Å². The Morgan fingerprint density at radius 2 is 1.95 bits per heavy atom. The van der Waals surface area contributed by atoms with Gasteiger partial charge >= 0.3 is 0 Å². The normalized spacial score (nSPS) is 11.2. The van der Waals surface area contributed by atoms with E-state index in [0.29, 0.717) is 5.11 Å². The number of thiocarbonyl (C=S) groups is 1. The second-order valence-electron chi connectivity index (χ2n) is 4.11. The number of anilines is 1. The van der Waals surface area contributed by atoms with E-state index in [1.165, 1.54) is 5.56 Å². The lowest BCUT2D eigenvalue weighted by Crippen LogP contribution is -2.24. The molecule has 0 amide bonds. The van der Waals surface area contributed by atoms with Gasteiger partial charge in [-0.1, -0.05) is 23.8 Å². The first-order valence-corrected chi connectivity index (χ1v) is 7.16. The van der Waals surface area contributed by atoms with E-state index in [1.807, 2.05) is 48.7 Å². The third-order valence-corrected chi connectivity index (χ3v) is 3.68. The summed E-state index contributed by atoms with van der Waals surface area (Å²) in [5, 5.41) is 9.85. The van der Waals surface area contributed by atoms with Gasteiger partial charge in [-0.05, 0) is 49.6 Å². The van der Waals surface area contributed by atoms with Crippen LogP contribution < -0.4 is 10.7 Å². The molecule has 0 aliphatic heterocycles. The average molecular weight is 289 g/mol. The summed E-state index contributed by atoms with van der Waals surface area (Å²) in [4.78, 5) is 1.13. The quantitative estimate of drug-likeness (QED) is 0.513. The molecule has 3 nitrogen and oxygen atoms in total. The highest BCUT2D eigenvalue weighted by atomic mass is 32.1. The molecule has 2 N–H and O–H groups in total. The Morgan fingerprint density at radius 1 is 1.21 bits per heavy atom. The van der Waals surface area contributed by atoms with Gasteiger partial charge in [-0.2, -0.15) is 5.10 Å². The van der Waals surface area contributed by atoms with Crippen molar-refractivity contribution in [2.75, 3.05) is 5.32 Å². The first-order chi connectivity index (χ1) is 9.15. The summed E-state index contributed by atoms with van der Waals surface area (Å²) < 4.78 is 0. The zero-order valence-corrected chi connectivity index (χ0v) is 12.4. The lowest BCUT2D eigenvalue weighted by Gasteiger charge is -2.07. The molecule has 0 spiro atoms. The van der Waals surface area contributed by atoms with Gasteiger partial charge < -0.3 is 5.32 Å². The van der Waals surface area contributed by atoms with Crippen LogP contribution in [0.2, 0.25) is 0 Å². The molecule has 0 saturated carbocycles. The van der Waals surface area contributed by atoms with Crippen molar-refractivity contribution >= 4 is 40.1 Å². The number of thiophene rings is 1. The number of nitrogens with zero attached hydrogens (tertiary/aromatic N) is 1. The van der Waals surface area contributed by atoms with E-state index in [-0.39, 0.29) is 0 Å². The third kappa shape index (κ3) is 4.15. The largest absolute Gasteiger partial charge is 0.331 e. The minimum absolute atomic E-state index is 0.486. The number of rotatable bonds is 3. The maximum atomic E-state index is 5.19. The summed E-state index contributed by atoms with van der Waals surface area (Å²) in [7, 11) is 0. The first kappa shape index (κ1) is 13.7. The molecule has 19 heavy (non-hydrogen) atoms. The highest BCUT2D eigenvalue weighted by Gasteiger charge is 1.99. The molecule has 1 heterocycles. The van der Waals surface area contributed by atoms with Gasteiger partial charge in [0.15, 0.2) is 5.11 Å². The Hall–Kier alpha value is -1.72. The molecule has 0 aliphatic carbocycles. The third-order valence-electron chi connectivity index (χ3n) is 2.51. The maximum absolute atomic E-state index is 5.19. The lowest BCUT2D eigenvalue weighted by atomic mass is 10.2. The van der Waals surface area contributed by atoms with E-state index in [4.69, 9.17) is 12.2 Å². The summed E-state index contributed by atoms with van der Waals surface area (Å²) in [5.74, 6) is 0. The van der Waals surface area contributed by atoms with Gasteiger partial charge in [0.25, 0.3) is 0 Å². The average Bonchev–Trinajstić information content (AvgIpc) is 2.93. The van der Waals surface area contributed by atoms with Crippen LogP contribution >= 0.6 is 23.6 Å². The number of hydrogen-bond donors (Lipinski definition) is 2. The second-order valence-corrected chi connectivity index (χ2v) is 5.46. The van der Waals surface area contributed by atoms with Crippen LogP contribution in [0.5, 0.6) is 0 Å². The number of hydrogen-bond acceptors (Lipinski definition) is 3. The van der Waals surface area contributed by atoms with Crippen LogP contribution in [0.15, 0.2) is 46.9 Å². The van der Waals surface area contributed by atoms with E-state index in [9.17, 15) is 0 Å². The van der Waals surface area contributed by atoms with Gasteiger partial charge in [-0.3, -0.25) is 5.43 Å². The summed E-state index contributed by atoms with van der Waals surface area (Å²) >= 11 is 6.84. The molecule has 1 aromatic heterocycles. The van der Waals surface area contributed by atoms with Crippen molar-refractivity contribution in [3.63, 3.8) is 0 Å². The standard InChI is InChI=1S/C14H15N3S2/c1-10-5-7-12(8-6-10)15-14(18)17-16-11(2)13-4-3-9-19-13/h3-9H,1-2H3,(H2,15,17,18)/b16-11+. The summed E-state index contributed by atoms with van der Waals surface area (Å²) in [6.45, 7) is 4.00. The topological polar surface area (TPSA) is 36.4 Å². The molecule has 0 bridgehead atoms. The summed E-state index contributed by atoms with van der Waals surface area (Å²) in [5.41, 5.74) is 5.94. The number of hydrazone groups is 1. The SMILES string of the molecule is C/C(=N\NC(=S)Nc1ccc(C)cc1)c1cccs1. The molecule has 1 aromatic carbocycles. The first-order valence-electron chi connectivity index (χ1n) is 5.87. The fraction of sp³-hybridized carbons (Fsp3) is 0.143. The van der Waals surface area contributed by atoms with E-state index >= 15 is 0 Å². The Morgan fingerprint density at radius 3 is 2.58 bits per heavy atom. The molecule has 0 unspecified atom stereocenters. The van der Waals surface area contributed by atoms with E-state index < -0.39 is 0 Å². The molecule has 2 aromatic rings. The van der Waals surface area contributed by atoms with Crippen LogP contribution in [0, 0.1) is 6.92 Å². The monoisotopic (exact) mass is 289 g/mol. The van der Waals surface area contributed by atoms with Gasteiger partial charge in [-0.25, -0.2) is 0 Å². The zero-order chi connectivity index (χ0) is 13.7. The summed E-state index contributed by atoms with van der Waals surface area (Å²) in [6, 6.07) is 12.1. The molecular formula is C14H15N3S2. The Bertz CT molecular complexity index is 571. The van der Waals surface area contributed by atoms with Gasteiger partial charge in [0.1, 0.15) is 0 Å². The lowest BCUT2D eigenvalue weighted by molar-refractivity contribution is 1.04. The molecule has 98 valence electrons. The van der Waals surface area contributed by atoms with Crippen molar-refractivity contribution in [3.8, 4) is 0 Å². The van der Waals surface area contributed by atoms with Gasteiger partial charge in [0.2, 0.25) is 0 Å². The fourth-order valence-electron chi connectivity index (χ4n) is 1.47. The van der Waals surface area contributed by atoms with E-state index in [0.717, 1.165) is 16.3 Å². The van der Waals surface area contributed by atoms with Crippen molar-refractivity contribution in [2.45, 2.75) is 13.8 Å². The van der Waals surface area contributed by atoms with Crippen LogP contribution in [-0.2, 0) is 0 Å². The highest BCUT2D eigenvalue weighted by Crippen LogP contribution is 2.10. The maximum Gasteiger partial charge on any atom is 0.191 e. The second kappa shape index (κ2) is 6.45. The molecular weight excluding hydrogens is 274 g/mol. The van der Waals surface area contributed by atoms with Gasteiger partial charge in [0.05, 0.1) is 5.71 Å². The molecule has 0 atom stereocenters. The van der Waals surface area contributed by atoms with Crippen LogP contribution in [-0.4, -0.2) is 10.8 Å². The zero-order valence-electron chi connectivity index (χ0n) is 10.8. The number of aryl methyl sites for hydroxylation is 1. The molecule has 5 heteroatoms. The van der Waals surface area contributed by atoms with Crippen molar-refractivity contribution in [2.24, 2.45) is 5.10 Å². The predicted molar refractivity (Wildman–Crippen MR) is 87.1 cm³/mol. The predicted octanol–water partition coefficient (Wildman–Crippen LogP) is 3.77. The number of nitrogens with one attached hydrogen (secondary N) is 2. The Labute approximate surface area is 122 Å². The van der Waals surface area contributed by atoms with E-state index in [1.54, 1.807) is 11.3 Å². The smallest absolute Gasteiger partial charge is 0.191 e. The van der Waals surface area contributed by atoms with Gasteiger partial charge in [-0.15, -0.1) is 11.3 Å². The minimum Gasteiger partial charge on any atom is -0.331 e. The highest BCUT2D eigenvalue weighted by molar-refractivity contribution is 7.80. The molecule has 0 radical (unpaired) electrons. The van der Waals surface area contributed by atoms with Crippen molar-refractivity contribution in [1.82, 2.24) is 5.43 Å². The van der Waals surface area contributed by atoms with Crippen LogP contribution in [0.25, 0.3) is 0 Å². The number of benzene rings is 1. The van der Waals surface area contributed by atoms with Crippen molar-refractivity contribution in [3.05, 3.63) is 52.2 Å². The Balaban J connectivity index is 1.91. The van der Waals surface area contributed by atoms with Crippen molar-refractivity contribution in [1.29, 1.82) is 0 Å². The molecule has 0 aliphatic rings. The molecule has 0 fully saturated rings. The van der Waals surface area contributed by atoms with Crippen molar-refractivity contribution < 1.29 is 0 Å². The van der Waals surface area contributed by atoms with Gasteiger partial charge in [0, 0.05) is 10.6 Å². The molecule has 0 saturated heterocycles. The van der Waals surface area contributed by atoms with Crippen LogP contribution in [0.4, 0.5) is 5.69 Å². The van der Waals surface area contributed by atoms with E-state index in [2.05, 4.69) is 22.8 Å². The summed E-state index contributed by atoms with van der Waals surface area (Å²) in [6.07, 6.45) is 0. The minimum atomic E-state index is 0.486. The molecule has 2 rings (SSSR count). The van der Waals surface area contributed by atoms with Crippen LogP contribution in [0.1, 0.15) is 17.4 Å². The fourth-order valence-corrected chi connectivity index (χ4v) is 2.31. The Kier molecular flexibility index (Phi) is 4.65.